The lowest BCUT2D eigenvalue weighted by Crippen LogP contribution is -2.24. The first kappa shape index (κ1) is 15.2. The molecule has 0 bridgehead atoms. The van der Waals surface area contributed by atoms with Crippen molar-refractivity contribution in [2.75, 3.05) is 36.7 Å². The number of sulfone groups is 1. The van der Waals surface area contributed by atoms with Gasteiger partial charge in [0.25, 0.3) is 0 Å². The standard InChI is InChI=1S/C9H21NO3S2/c1-3-13-9(8-10)4-5-14-6-7-15(2,11)12/h9H,3-8,10H2,1-2H3. The molecule has 6 heteroatoms. The first-order valence-electron chi connectivity index (χ1n) is 5.06. The Labute approximate surface area is 96.9 Å². The smallest absolute Gasteiger partial charge is 0.148 e. The highest BCUT2D eigenvalue weighted by atomic mass is 32.2. The number of nitrogens with two attached hydrogens (primary N) is 1. The SMILES string of the molecule is CCOC(CN)CCSCCS(C)(=O)=O. The van der Waals surface area contributed by atoms with E-state index in [9.17, 15) is 8.42 Å². The lowest BCUT2D eigenvalue weighted by atomic mass is 10.3. The van der Waals surface area contributed by atoms with Crippen molar-refractivity contribution in [3.05, 3.63) is 0 Å². The van der Waals surface area contributed by atoms with E-state index in [1.807, 2.05) is 6.92 Å². The van der Waals surface area contributed by atoms with Gasteiger partial charge in [-0.1, -0.05) is 0 Å². The summed E-state index contributed by atoms with van der Waals surface area (Å²) >= 11 is 1.63. The highest BCUT2D eigenvalue weighted by Gasteiger charge is 2.06. The predicted molar refractivity (Wildman–Crippen MR) is 66.1 cm³/mol. The maximum absolute atomic E-state index is 10.8. The Morgan fingerprint density at radius 1 is 1.40 bits per heavy atom. The Morgan fingerprint density at radius 2 is 2.07 bits per heavy atom. The van der Waals surface area contributed by atoms with E-state index >= 15 is 0 Å². The summed E-state index contributed by atoms with van der Waals surface area (Å²) in [6.07, 6.45) is 2.26. The normalized spacial score (nSPS) is 14.1. The van der Waals surface area contributed by atoms with Crippen molar-refractivity contribution < 1.29 is 13.2 Å². The van der Waals surface area contributed by atoms with Gasteiger partial charge in [0, 0.05) is 25.2 Å². The molecule has 0 aromatic heterocycles. The average Bonchev–Trinajstić information content (AvgIpc) is 2.14. The lowest BCUT2D eigenvalue weighted by Gasteiger charge is -2.13. The Morgan fingerprint density at radius 3 is 2.53 bits per heavy atom. The number of rotatable bonds is 9. The molecule has 0 fully saturated rings. The van der Waals surface area contributed by atoms with Crippen molar-refractivity contribution in [2.45, 2.75) is 19.4 Å². The summed E-state index contributed by atoms with van der Waals surface area (Å²) in [6.45, 7) is 3.15. The molecule has 0 heterocycles. The summed E-state index contributed by atoms with van der Waals surface area (Å²) in [6, 6.07) is 0. The Balaban J connectivity index is 3.44. The molecule has 0 saturated heterocycles. The molecule has 0 rings (SSSR count). The van der Waals surface area contributed by atoms with Crippen LogP contribution in [0.15, 0.2) is 0 Å². The summed E-state index contributed by atoms with van der Waals surface area (Å²) in [7, 11) is -2.82. The Kier molecular flexibility index (Phi) is 8.50. The first-order valence-corrected chi connectivity index (χ1v) is 8.28. The molecule has 0 aliphatic carbocycles. The van der Waals surface area contributed by atoms with E-state index in [1.165, 1.54) is 6.26 Å². The van der Waals surface area contributed by atoms with Gasteiger partial charge in [0.05, 0.1) is 11.9 Å². The van der Waals surface area contributed by atoms with Gasteiger partial charge in [0.15, 0.2) is 0 Å². The van der Waals surface area contributed by atoms with Crippen LogP contribution in [0.1, 0.15) is 13.3 Å². The molecule has 1 unspecified atom stereocenters. The predicted octanol–water partition coefficient (Wildman–Crippen LogP) is 0.518. The number of hydrogen-bond donors (Lipinski definition) is 1. The molecule has 2 N–H and O–H groups in total. The molecule has 0 saturated carbocycles. The highest BCUT2D eigenvalue weighted by molar-refractivity contribution is 8.00. The second-order valence-corrected chi connectivity index (χ2v) is 6.83. The van der Waals surface area contributed by atoms with Crippen LogP contribution in [0.25, 0.3) is 0 Å². The van der Waals surface area contributed by atoms with Gasteiger partial charge in [-0.25, -0.2) is 8.42 Å². The zero-order valence-electron chi connectivity index (χ0n) is 9.44. The quantitative estimate of drug-likeness (QED) is 0.608. The van der Waals surface area contributed by atoms with E-state index in [2.05, 4.69) is 0 Å². The molecule has 4 nitrogen and oxygen atoms in total. The molecule has 0 aliphatic rings. The minimum absolute atomic E-state index is 0.112. The zero-order chi connectivity index (χ0) is 11.7. The van der Waals surface area contributed by atoms with Gasteiger partial charge in [-0.3, -0.25) is 0 Å². The van der Waals surface area contributed by atoms with Gasteiger partial charge in [0.1, 0.15) is 9.84 Å². The fourth-order valence-electron chi connectivity index (χ4n) is 1.03. The molecule has 0 aromatic rings. The Bertz CT molecular complexity index is 242. The van der Waals surface area contributed by atoms with Crippen LogP contribution in [-0.2, 0) is 14.6 Å². The third-order valence-electron chi connectivity index (χ3n) is 1.85. The zero-order valence-corrected chi connectivity index (χ0v) is 11.1. The summed E-state index contributed by atoms with van der Waals surface area (Å²) < 4.78 is 27.0. The molecule has 0 aromatic carbocycles. The Hall–Kier alpha value is 0.220. The molecular weight excluding hydrogens is 234 g/mol. The monoisotopic (exact) mass is 255 g/mol. The largest absolute Gasteiger partial charge is 0.377 e. The number of ether oxygens (including phenoxy) is 1. The third-order valence-corrected chi connectivity index (χ3v) is 4.07. The van der Waals surface area contributed by atoms with Crippen LogP contribution in [0.2, 0.25) is 0 Å². The minimum Gasteiger partial charge on any atom is -0.377 e. The van der Waals surface area contributed by atoms with Crippen LogP contribution < -0.4 is 5.73 Å². The minimum atomic E-state index is -2.82. The van der Waals surface area contributed by atoms with Crippen LogP contribution in [0.3, 0.4) is 0 Å². The van der Waals surface area contributed by atoms with Crippen molar-refractivity contribution in [3.63, 3.8) is 0 Å². The molecule has 0 radical (unpaired) electrons. The summed E-state index contributed by atoms with van der Waals surface area (Å²) in [5, 5.41) is 0. The van der Waals surface area contributed by atoms with E-state index in [0.29, 0.717) is 18.9 Å². The van der Waals surface area contributed by atoms with Crippen LogP contribution >= 0.6 is 11.8 Å². The van der Waals surface area contributed by atoms with Gasteiger partial charge in [-0.2, -0.15) is 11.8 Å². The van der Waals surface area contributed by atoms with Crippen LogP contribution in [0.5, 0.6) is 0 Å². The van der Waals surface area contributed by atoms with E-state index in [1.54, 1.807) is 11.8 Å². The van der Waals surface area contributed by atoms with Crippen LogP contribution in [0, 0.1) is 0 Å². The van der Waals surface area contributed by atoms with E-state index in [-0.39, 0.29) is 11.9 Å². The second-order valence-electron chi connectivity index (χ2n) is 3.34. The van der Waals surface area contributed by atoms with Crippen LogP contribution in [-0.4, -0.2) is 51.2 Å². The van der Waals surface area contributed by atoms with Gasteiger partial charge in [-0.15, -0.1) is 0 Å². The van der Waals surface area contributed by atoms with Crippen molar-refractivity contribution in [1.82, 2.24) is 0 Å². The van der Waals surface area contributed by atoms with Crippen molar-refractivity contribution in [1.29, 1.82) is 0 Å². The second kappa shape index (κ2) is 8.38. The van der Waals surface area contributed by atoms with Gasteiger partial charge < -0.3 is 10.5 Å². The molecular formula is C9H21NO3S2. The molecule has 0 amide bonds. The van der Waals surface area contributed by atoms with E-state index < -0.39 is 9.84 Å². The summed E-state index contributed by atoms with van der Waals surface area (Å²) in [5.41, 5.74) is 5.51. The molecule has 15 heavy (non-hydrogen) atoms. The van der Waals surface area contributed by atoms with Gasteiger partial charge in [0.2, 0.25) is 0 Å². The fourth-order valence-corrected chi connectivity index (χ4v) is 3.35. The fraction of sp³-hybridized carbons (Fsp3) is 1.00. The first-order chi connectivity index (χ1) is 6.99. The van der Waals surface area contributed by atoms with E-state index in [4.69, 9.17) is 10.5 Å². The molecule has 92 valence electrons. The highest BCUT2D eigenvalue weighted by Crippen LogP contribution is 2.07. The number of thioether (sulfide) groups is 1. The van der Waals surface area contributed by atoms with Crippen molar-refractivity contribution in [2.24, 2.45) is 5.73 Å². The summed E-state index contributed by atoms with van der Waals surface area (Å²) in [4.78, 5) is 0. The van der Waals surface area contributed by atoms with Crippen molar-refractivity contribution >= 4 is 21.6 Å². The number of hydrogen-bond acceptors (Lipinski definition) is 5. The molecule has 0 spiro atoms. The maximum atomic E-state index is 10.8. The van der Waals surface area contributed by atoms with Gasteiger partial charge >= 0.3 is 0 Å². The maximum Gasteiger partial charge on any atom is 0.148 e. The molecule has 1 atom stereocenters. The average molecular weight is 255 g/mol. The van der Waals surface area contributed by atoms with Gasteiger partial charge in [-0.05, 0) is 19.1 Å². The third kappa shape index (κ3) is 10.5. The topological polar surface area (TPSA) is 69.4 Å². The van der Waals surface area contributed by atoms with Crippen molar-refractivity contribution in [3.8, 4) is 0 Å². The summed E-state index contributed by atoms with van der Waals surface area (Å²) in [5.74, 6) is 1.80. The lowest BCUT2D eigenvalue weighted by molar-refractivity contribution is 0.0674. The van der Waals surface area contributed by atoms with Crippen LogP contribution in [0.4, 0.5) is 0 Å². The van der Waals surface area contributed by atoms with E-state index in [0.717, 1.165) is 12.2 Å². The molecule has 0 aliphatic heterocycles.